The van der Waals surface area contributed by atoms with Gasteiger partial charge in [-0.05, 0) is 37.5 Å². The fraction of sp³-hybridized carbons (Fsp3) is 0.350. The predicted molar refractivity (Wildman–Crippen MR) is 103 cm³/mol. The van der Waals surface area contributed by atoms with E-state index in [-0.39, 0.29) is 48.3 Å². The van der Waals surface area contributed by atoms with E-state index >= 15 is 0 Å². The number of nitrogen functional groups attached to an aromatic ring is 1. The van der Waals surface area contributed by atoms with Crippen molar-refractivity contribution in [1.82, 2.24) is 5.23 Å². The molecule has 0 heterocycles. The van der Waals surface area contributed by atoms with Gasteiger partial charge in [0.1, 0.15) is 0 Å². The highest BCUT2D eigenvalue weighted by molar-refractivity contribution is 6.15. The summed E-state index contributed by atoms with van der Waals surface area (Å²) in [4.78, 5) is 41.6. The summed E-state index contributed by atoms with van der Waals surface area (Å²) in [5.41, 5.74) is 7.53. The van der Waals surface area contributed by atoms with Gasteiger partial charge in [-0.2, -0.15) is 0 Å². The van der Waals surface area contributed by atoms with Gasteiger partial charge in [-0.25, -0.2) is 14.4 Å². The smallest absolute Gasteiger partial charge is 0.340 e. The van der Waals surface area contributed by atoms with Crippen molar-refractivity contribution in [2.45, 2.75) is 27.2 Å². The Kier molecular flexibility index (Phi) is 7.52. The molecule has 0 atom stereocenters. The lowest BCUT2D eigenvalue weighted by Crippen LogP contribution is -2.28. The second-order valence-corrected chi connectivity index (χ2v) is 5.93. The van der Waals surface area contributed by atoms with Crippen LogP contribution >= 0.6 is 0 Å². The van der Waals surface area contributed by atoms with Gasteiger partial charge in [0.2, 0.25) is 0 Å². The van der Waals surface area contributed by atoms with Gasteiger partial charge in [-0.1, -0.05) is 29.5 Å². The molecule has 0 saturated carbocycles. The van der Waals surface area contributed by atoms with Crippen molar-refractivity contribution in [2.24, 2.45) is 0 Å². The molecule has 2 aliphatic carbocycles. The molecule has 0 aromatic carbocycles. The van der Waals surface area contributed by atoms with E-state index in [1.54, 1.807) is 45.0 Å². The Morgan fingerprint density at radius 1 is 0.897 bits per heavy atom. The summed E-state index contributed by atoms with van der Waals surface area (Å²) in [6.07, 6.45) is -0.160. The van der Waals surface area contributed by atoms with E-state index < -0.39 is 17.8 Å². The minimum absolute atomic E-state index is 0.0152. The van der Waals surface area contributed by atoms with Crippen LogP contribution in [0.1, 0.15) is 47.1 Å². The fourth-order valence-electron chi connectivity index (χ4n) is 2.87. The minimum Gasteiger partial charge on any atom is -0.462 e. The molecular weight excluding hydrogens is 380 g/mol. The Hall–Kier alpha value is -3.17. The number of fused-ring (bicyclic) bond motifs is 1. The van der Waals surface area contributed by atoms with E-state index in [2.05, 4.69) is 0 Å². The average molecular weight is 404 g/mol. The summed E-state index contributed by atoms with van der Waals surface area (Å²) < 4.78 is 10.1. The number of rotatable bonds is 8. The summed E-state index contributed by atoms with van der Waals surface area (Å²) in [6, 6.07) is 6.34. The van der Waals surface area contributed by atoms with Crippen molar-refractivity contribution < 1.29 is 33.9 Å². The van der Waals surface area contributed by atoms with Crippen LogP contribution in [0.3, 0.4) is 0 Å². The number of nitrogens with zero attached hydrogens (tertiary/aromatic N) is 1. The number of carbonyl (C=O) groups is 3. The van der Waals surface area contributed by atoms with Crippen LogP contribution in [-0.2, 0) is 25.5 Å². The maximum absolute atomic E-state index is 12.4. The summed E-state index contributed by atoms with van der Waals surface area (Å²) in [6.45, 7) is 5.36. The summed E-state index contributed by atoms with van der Waals surface area (Å²) in [5, 5.41) is 9.68. The van der Waals surface area contributed by atoms with E-state index in [4.69, 9.17) is 20.0 Å². The third-order valence-corrected chi connectivity index (χ3v) is 4.07. The molecule has 0 aromatic heterocycles. The number of nitrogens with two attached hydrogens (primary N) is 1. The Morgan fingerprint density at radius 3 is 1.79 bits per heavy atom. The molecule has 0 saturated heterocycles. The van der Waals surface area contributed by atoms with Gasteiger partial charge < -0.3 is 15.2 Å². The average Bonchev–Trinajstić information content (AvgIpc) is 2.80. The molecule has 1 amide bonds. The first-order chi connectivity index (χ1) is 13.8. The molecule has 3 N–H and O–H groups in total. The lowest BCUT2D eigenvalue weighted by Gasteiger charge is -2.12. The molecule has 9 nitrogen and oxygen atoms in total. The van der Waals surface area contributed by atoms with Crippen molar-refractivity contribution in [3.63, 3.8) is 0 Å². The molecule has 0 bridgehead atoms. The molecule has 0 spiro atoms. The normalized spacial score (nSPS) is 10.6. The number of hydrogen-bond donors (Lipinski definition) is 2. The van der Waals surface area contributed by atoms with Crippen molar-refractivity contribution in [3.05, 3.63) is 41.0 Å². The minimum atomic E-state index is -0.673. The van der Waals surface area contributed by atoms with Crippen LogP contribution < -0.4 is 5.73 Å². The number of esters is 2. The largest absolute Gasteiger partial charge is 0.462 e. The van der Waals surface area contributed by atoms with Crippen LogP contribution in [0.2, 0.25) is 0 Å². The Morgan fingerprint density at radius 2 is 1.38 bits per heavy atom. The third kappa shape index (κ3) is 4.82. The van der Waals surface area contributed by atoms with Gasteiger partial charge in [0.15, 0.2) is 0 Å². The molecule has 2 aliphatic rings. The molecule has 9 heteroatoms. The summed E-state index contributed by atoms with van der Waals surface area (Å²) in [7, 11) is 0. The SMILES string of the molecule is CCOC(=O)c1c2ccc(CC(=O)N(O)OCC)ccc-2c(C(=O)OCC)c1N. The number of anilines is 1. The molecule has 0 unspecified atom stereocenters. The molecule has 29 heavy (non-hydrogen) atoms. The van der Waals surface area contributed by atoms with Crippen LogP contribution in [0.15, 0.2) is 24.3 Å². The second kappa shape index (κ2) is 9.85. The summed E-state index contributed by atoms with van der Waals surface area (Å²) in [5.74, 6) is -1.99. The molecular formula is C20H24N2O7. The van der Waals surface area contributed by atoms with Crippen LogP contribution in [0.5, 0.6) is 0 Å². The molecule has 156 valence electrons. The quantitative estimate of drug-likeness (QED) is 0.390. The highest BCUT2D eigenvalue weighted by atomic mass is 16.9. The first-order valence-electron chi connectivity index (χ1n) is 9.18. The maximum atomic E-state index is 12.4. The van der Waals surface area contributed by atoms with Crippen molar-refractivity contribution >= 4 is 23.5 Å². The second-order valence-electron chi connectivity index (χ2n) is 5.93. The van der Waals surface area contributed by atoms with E-state index in [0.717, 1.165) is 0 Å². The van der Waals surface area contributed by atoms with Gasteiger partial charge >= 0.3 is 11.9 Å². The molecule has 0 aromatic rings. The zero-order valence-electron chi connectivity index (χ0n) is 16.6. The maximum Gasteiger partial charge on any atom is 0.340 e. The molecule has 2 rings (SSSR count). The van der Waals surface area contributed by atoms with Gasteiger partial charge in [-0.15, -0.1) is 0 Å². The Bertz CT molecular complexity index is 826. The first-order valence-corrected chi connectivity index (χ1v) is 9.18. The van der Waals surface area contributed by atoms with E-state index in [1.807, 2.05) is 0 Å². The predicted octanol–water partition coefficient (Wildman–Crippen LogP) is 2.44. The van der Waals surface area contributed by atoms with Gasteiger partial charge in [-0.3, -0.25) is 10.0 Å². The van der Waals surface area contributed by atoms with E-state index in [0.29, 0.717) is 16.7 Å². The molecule has 0 aliphatic heterocycles. The van der Waals surface area contributed by atoms with Crippen LogP contribution in [0.25, 0.3) is 11.1 Å². The number of hydrogen-bond acceptors (Lipinski definition) is 8. The van der Waals surface area contributed by atoms with Gasteiger partial charge in [0, 0.05) is 0 Å². The summed E-state index contributed by atoms with van der Waals surface area (Å²) >= 11 is 0. The van der Waals surface area contributed by atoms with Crippen molar-refractivity contribution in [2.75, 3.05) is 25.6 Å². The van der Waals surface area contributed by atoms with Gasteiger partial charge in [0.25, 0.3) is 5.91 Å². The number of carbonyl (C=O) groups excluding carboxylic acids is 3. The highest BCUT2D eigenvalue weighted by Gasteiger charge is 2.30. The van der Waals surface area contributed by atoms with E-state index in [9.17, 15) is 19.6 Å². The van der Waals surface area contributed by atoms with E-state index in [1.165, 1.54) is 0 Å². The lowest BCUT2D eigenvalue weighted by atomic mass is 10.1. The zero-order chi connectivity index (χ0) is 21.6. The lowest BCUT2D eigenvalue weighted by molar-refractivity contribution is -0.312. The Balaban J connectivity index is 2.55. The van der Waals surface area contributed by atoms with Crippen LogP contribution in [0.4, 0.5) is 5.69 Å². The highest BCUT2D eigenvalue weighted by Crippen LogP contribution is 2.39. The first kappa shape index (κ1) is 22.1. The fourth-order valence-corrected chi connectivity index (χ4v) is 2.87. The van der Waals surface area contributed by atoms with Crippen molar-refractivity contribution in [3.8, 4) is 11.1 Å². The van der Waals surface area contributed by atoms with Gasteiger partial charge in [0.05, 0.1) is 43.1 Å². The monoisotopic (exact) mass is 404 g/mol. The number of amides is 1. The third-order valence-electron chi connectivity index (χ3n) is 4.07. The van der Waals surface area contributed by atoms with Crippen LogP contribution in [-0.4, -0.2) is 48.1 Å². The standard InChI is InChI=1S/C20H24N2O7/c1-4-27-19(24)16-13-9-7-12(11-15(23)22(26)29-6-3)8-10-14(13)17(18(16)21)20(25)28-5-2/h7-10,26H,4-6,11,21H2,1-3H3. The number of hydroxylamine groups is 2. The van der Waals surface area contributed by atoms with Crippen molar-refractivity contribution in [1.29, 1.82) is 0 Å². The molecule has 0 fully saturated rings. The zero-order valence-corrected chi connectivity index (χ0v) is 16.6. The Labute approximate surface area is 168 Å². The topological polar surface area (TPSA) is 128 Å². The molecule has 0 radical (unpaired) electrons. The number of ether oxygens (including phenoxy) is 2. The van der Waals surface area contributed by atoms with Crippen LogP contribution in [0, 0.1) is 0 Å².